The molecule has 0 fully saturated rings. The summed E-state index contributed by atoms with van der Waals surface area (Å²) in [5, 5.41) is 9.16. The molecule has 0 saturated carbocycles. The third-order valence-electron chi connectivity index (χ3n) is 3.68. The molecule has 25 heavy (non-hydrogen) atoms. The molecule has 3 rings (SSSR count). The number of carbonyl (C=O) groups excluding carboxylic acids is 1. The van der Waals surface area contributed by atoms with Crippen LogP contribution in [-0.2, 0) is 10.3 Å². The van der Waals surface area contributed by atoms with E-state index in [2.05, 4.69) is 15.4 Å². The fourth-order valence-electron chi connectivity index (χ4n) is 2.22. The second kappa shape index (κ2) is 6.56. The van der Waals surface area contributed by atoms with Crippen molar-refractivity contribution in [3.8, 4) is 11.3 Å². The van der Waals surface area contributed by atoms with E-state index in [1.165, 1.54) is 29.5 Å². The van der Waals surface area contributed by atoms with Gasteiger partial charge in [-0.15, -0.1) is 11.3 Å². The van der Waals surface area contributed by atoms with Crippen LogP contribution in [0.4, 0.5) is 9.52 Å². The Labute approximate surface area is 147 Å². The van der Waals surface area contributed by atoms with Gasteiger partial charge in [-0.25, -0.2) is 14.1 Å². The zero-order valence-electron chi connectivity index (χ0n) is 13.6. The molecule has 1 aromatic carbocycles. The number of nitrogens with zero attached hydrogens (tertiary/aromatic N) is 3. The van der Waals surface area contributed by atoms with Gasteiger partial charge in [0.25, 0.3) is 11.5 Å². The van der Waals surface area contributed by atoms with Crippen molar-refractivity contribution < 1.29 is 9.18 Å². The van der Waals surface area contributed by atoms with Crippen molar-refractivity contribution >= 4 is 22.4 Å². The van der Waals surface area contributed by atoms with Gasteiger partial charge in [0.2, 0.25) is 0 Å². The average Bonchev–Trinajstić information content (AvgIpc) is 3.09. The van der Waals surface area contributed by atoms with Gasteiger partial charge in [-0.3, -0.25) is 14.9 Å². The smallest absolute Gasteiger partial charge is 0.267 e. The Morgan fingerprint density at radius 1 is 1.20 bits per heavy atom. The number of hydrogen-bond donors (Lipinski definition) is 1. The third kappa shape index (κ3) is 3.48. The van der Waals surface area contributed by atoms with Gasteiger partial charge in [0.05, 0.1) is 5.69 Å². The molecule has 3 aromatic rings. The average molecular weight is 358 g/mol. The SMILES string of the molecule is CC(C)(C(=O)Nc1nccs1)n1nc(-c2ccc(F)cc2)ccc1=O. The molecule has 2 aromatic heterocycles. The molecular formula is C17H15FN4O2S. The van der Waals surface area contributed by atoms with E-state index in [1.54, 1.807) is 43.6 Å². The van der Waals surface area contributed by atoms with Crippen molar-refractivity contribution in [1.29, 1.82) is 0 Å². The normalized spacial score (nSPS) is 11.3. The van der Waals surface area contributed by atoms with Gasteiger partial charge in [0.15, 0.2) is 5.13 Å². The summed E-state index contributed by atoms with van der Waals surface area (Å²) in [6.45, 7) is 3.19. The Balaban J connectivity index is 1.97. The lowest BCUT2D eigenvalue weighted by molar-refractivity contribution is -0.123. The predicted octanol–water partition coefficient (Wildman–Crippen LogP) is 2.88. The first kappa shape index (κ1) is 17.0. The van der Waals surface area contributed by atoms with E-state index in [4.69, 9.17) is 0 Å². The molecule has 0 aliphatic carbocycles. The van der Waals surface area contributed by atoms with Crippen LogP contribution < -0.4 is 10.9 Å². The highest BCUT2D eigenvalue weighted by atomic mass is 32.1. The molecular weight excluding hydrogens is 343 g/mol. The van der Waals surface area contributed by atoms with Crippen LogP contribution in [0.15, 0.2) is 52.8 Å². The van der Waals surface area contributed by atoms with Gasteiger partial charge in [0.1, 0.15) is 11.4 Å². The lowest BCUT2D eigenvalue weighted by Gasteiger charge is -2.24. The van der Waals surface area contributed by atoms with Crippen LogP contribution in [-0.4, -0.2) is 20.7 Å². The van der Waals surface area contributed by atoms with Crippen molar-refractivity contribution in [3.63, 3.8) is 0 Å². The number of aromatic nitrogens is 3. The van der Waals surface area contributed by atoms with Crippen LogP contribution in [0.1, 0.15) is 13.8 Å². The molecule has 128 valence electrons. The largest absolute Gasteiger partial charge is 0.300 e. The maximum absolute atomic E-state index is 13.1. The lowest BCUT2D eigenvalue weighted by Crippen LogP contribution is -2.47. The molecule has 0 bridgehead atoms. The molecule has 0 spiro atoms. The Morgan fingerprint density at radius 2 is 1.92 bits per heavy atom. The van der Waals surface area contributed by atoms with E-state index in [0.717, 1.165) is 4.68 Å². The highest BCUT2D eigenvalue weighted by Gasteiger charge is 2.32. The number of amides is 1. The standard InChI is InChI=1S/C17H15FN4O2S/c1-17(2,15(24)20-16-19-9-10-25-16)22-14(23)8-7-13(21-22)11-3-5-12(18)6-4-11/h3-10H,1-2H3,(H,19,20,24). The van der Waals surface area contributed by atoms with Crippen LogP contribution in [0.25, 0.3) is 11.3 Å². The molecule has 0 atom stereocenters. The summed E-state index contributed by atoms with van der Waals surface area (Å²) >= 11 is 1.28. The van der Waals surface area contributed by atoms with Gasteiger partial charge < -0.3 is 0 Å². The van der Waals surface area contributed by atoms with Crippen LogP contribution in [0.5, 0.6) is 0 Å². The Hall–Kier alpha value is -2.87. The summed E-state index contributed by atoms with van der Waals surface area (Å²) in [5.74, 6) is -0.770. The molecule has 0 saturated heterocycles. The highest BCUT2D eigenvalue weighted by Crippen LogP contribution is 2.20. The summed E-state index contributed by atoms with van der Waals surface area (Å²) in [6, 6.07) is 8.63. The first-order chi connectivity index (χ1) is 11.9. The Morgan fingerprint density at radius 3 is 2.56 bits per heavy atom. The molecule has 6 nitrogen and oxygen atoms in total. The zero-order valence-corrected chi connectivity index (χ0v) is 14.4. The molecule has 0 unspecified atom stereocenters. The summed E-state index contributed by atoms with van der Waals surface area (Å²) in [4.78, 5) is 28.8. The number of halogens is 1. The molecule has 0 radical (unpaired) electrons. The Bertz CT molecular complexity index is 950. The van der Waals surface area contributed by atoms with Crippen molar-refractivity contribution in [2.45, 2.75) is 19.4 Å². The maximum Gasteiger partial charge on any atom is 0.267 e. The molecule has 1 amide bonds. The number of rotatable bonds is 4. The van der Waals surface area contributed by atoms with E-state index < -0.39 is 17.0 Å². The van der Waals surface area contributed by atoms with Crippen LogP contribution in [0, 0.1) is 5.82 Å². The van der Waals surface area contributed by atoms with E-state index in [0.29, 0.717) is 16.4 Å². The van der Waals surface area contributed by atoms with Crippen LogP contribution >= 0.6 is 11.3 Å². The second-order valence-electron chi connectivity index (χ2n) is 5.83. The minimum atomic E-state index is -1.24. The predicted molar refractivity (Wildman–Crippen MR) is 94.0 cm³/mol. The first-order valence-corrected chi connectivity index (χ1v) is 8.33. The van der Waals surface area contributed by atoms with E-state index >= 15 is 0 Å². The fraction of sp³-hybridized carbons (Fsp3) is 0.176. The quantitative estimate of drug-likeness (QED) is 0.778. The lowest BCUT2D eigenvalue weighted by atomic mass is 10.0. The van der Waals surface area contributed by atoms with Crippen molar-refractivity contribution in [2.24, 2.45) is 0 Å². The monoisotopic (exact) mass is 358 g/mol. The minimum Gasteiger partial charge on any atom is -0.300 e. The van der Waals surface area contributed by atoms with Gasteiger partial charge in [0, 0.05) is 23.2 Å². The summed E-state index contributed by atoms with van der Waals surface area (Å²) in [6.07, 6.45) is 1.58. The number of nitrogens with one attached hydrogen (secondary N) is 1. The van der Waals surface area contributed by atoms with Crippen molar-refractivity contribution in [2.75, 3.05) is 5.32 Å². The minimum absolute atomic E-state index is 0.361. The van der Waals surface area contributed by atoms with Crippen molar-refractivity contribution in [1.82, 2.24) is 14.8 Å². The van der Waals surface area contributed by atoms with Gasteiger partial charge in [-0.05, 0) is 44.2 Å². The van der Waals surface area contributed by atoms with Gasteiger partial charge in [-0.1, -0.05) is 0 Å². The summed E-state index contributed by atoms with van der Waals surface area (Å²) < 4.78 is 14.2. The van der Waals surface area contributed by atoms with Gasteiger partial charge in [-0.2, -0.15) is 5.10 Å². The second-order valence-corrected chi connectivity index (χ2v) is 6.72. The first-order valence-electron chi connectivity index (χ1n) is 7.46. The zero-order chi connectivity index (χ0) is 18.0. The molecule has 2 heterocycles. The summed E-state index contributed by atoms with van der Waals surface area (Å²) in [5.41, 5.74) is -0.537. The summed E-state index contributed by atoms with van der Waals surface area (Å²) in [7, 11) is 0. The van der Waals surface area contributed by atoms with Crippen LogP contribution in [0.2, 0.25) is 0 Å². The molecule has 0 aliphatic heterocycles. The highest BCUT2D eigenvalue weighted by molar-refractivity contribution is 7.13. The topological polar surface area (TPSA) is 76.9 Å². The van der Waals surface area contributed by atoms with Crippen molar-refractivity contribution in [3.05, 3.63) is 64.1 Å². The Kier molecular flexibility index (Phi) is 4.45. The molecule has 8 heteroatoms. The molecule has 1 N–H and O–H groups in total. The van der Waals surface area contributed by atoms with E-state index in [-0.39, 0.29) is 5.82 Å². The number of thiazole rings is 1. The number of carbonyl (C=O) groups is 1. The number of anilines is 1. The fourth-order valence-corrected chi connectivity index (χ4v) is 2.74. The van der Waals surface area contributed by atoms with E-state index in [9.17, 15) is 14.0 Å². The molecule has 0 aliphatic rings. The number of benzene rings is 1. The van der Waals surface area contributed by atoms with Crippen LogP contribution in [0.3, 0.4) is 0 Å². The van der Waals surface area contributed by atoms with E-state index in [1.807, 2.05) is 0 Å². The number of hydrogen-bond acceptors (Lipinski definition) is 5. The third-order valence-corrected chi connectivity index (χ3v) is 4.37. The maximum atomic E-state index is 13.1. The van der Waals surface area contributed by atoms with Gasteiger partial charge >= 0.3 is 0 Å².